The van der Waals surface area contributed by atoms with Crippen LogP contribution < -0.4 is 16.2 Å². The summed E-state index contributed by atoms with van der Waals surface area (Å²) < 4.78 is 1.11. The normalized spacial score (nSPS) is 11.6. The first-order valence-corrected chi connectivity index (χ1v) is 9.80. The van der Waals surface area contributed by atoms with Crippen molar-refractivity contribution >= 4 is 34.8 Å². The van der Waals surface area contributed by atoms with E-state index < -0.39 is 23.4 Å². The summed E-state index contributed by atoms with van der Waals surface area (Å²) in [7, 11) is 0. The summed E-state index contributed by atoms with van der Waals surface area (Å²) in [5, 5.41) is 10.1. The first-order chi connectivity index (χ1) is 14.4. The summed E-state index contributed by atoms with van der Waals surface area (Å²) >= 11 is 6.13. The number of nitrogens with one attached hydrogen (secondary N) is 2. The molecule has 2 amide bonds. The SMILES string of the molecule is CCC(C(=O)Nc1ccccc1Cl)n1nc(-c2ccccc2)cc(NC(C)=O)c1=O. The van der Waals surface area contributed by atoms with Crippen molar-refractivity contribution in [2.24, 2.45) is 0 Å². The molecule has 0 aliphatic rings. The van der Waals surface area contributed by atoms with Crippen LogP contribution in [0.2, 0.25) is 5.02 Å². The third-order valence-electron chi connectivity index (χ3n) is 4.43. The van der Waals surface area contributed by atoms with Gasteiger partial charge in [0.1, 0.15) is 11.7 Å². The Hall–Kier alpha value is -3.45. The number of para-hydroxylation sites is 1. The lowest BCUT2D eigenvalue weighted by atomic mass is 10.1. The smallest absolute Gasteiger partial charge is 0.291 e. The van der Waals surface area contributed by atoms with Crippen LogP contribution in [0.5, 0.6) is 0 Å². The average molecular weight is 425 g/mol. The largest absolute Gasteiger partial charge is 0.323 e. The van der Waals surface area contributed by atoms with Crippen molar-refractivity contribution < 1.29 is 9.59 Å². The third kappa shape index (κ3) is 4.75. The van der Waals surface area contributed by atoms with Gasteiger partial charge in [0.25, 0.3) is 5.56 Å². The number of amides is 2. The molecule has 0 radical (unpaired) electrons. The molecule has 0 saturated carbocycles. The van der Waals surface area contributed by atoms with Gasteiger partial charge in [0, 0.05) is 12.5 Å². The Morgan fingerprint density at radius 2 is 1.70 bits per heavy atom. The van der Waals surface area contributed by atoms with E-state index in [-0.39, 0.29) is 5.69 Å². The van der Waals surface area contributed by atoms with Crippen molar-refractivity contribution in [3.8, 4) is 11.3 Å². The van der Waals surface area contributed by atoms with Crippen LogP contribution in [-0.2, 0) is 9.59 Å². The Balaban J connectivity index is 2.07. The number of hydrogen-bond acceptors (Lipinski definition) is 4. The van der Waals surface area contributed by atoms with Crippen LogP contribution >= 0.6 is 11.6 Å². The molecule has 1 atom stereocenters. The van der Waals surface area contributed by atoms with E-state index in [0.29, 0.717) is 22.8 Å². The second-order valence-electron chi connectivity index (χ2n) is 6.63. The highest BCUT2D eigenvalue weighted by atomic mass is 35.5. The molecule has 8 heteroatoms. The van der Waals surface area contributed by atoms with Gasteiger partial charge in [0.2, 0.25) is 11.8 Å². The minimum atomic E-state index is -0.898. The maximum absolute atomic E-state index is 13.0. The zero-order chi connectivity index (χ0) is 21.7. The van der Waals surface area contributed by atoms with Crippen LogP contribution in [0.15, 0.2) is 65.5 Å². The van der Waals surface area contributed by atoms with Crippen LogP contribution in [0.25, 0.3) is 11.3 Å². The zero-order valence-corrected chi connectivity index (χ0v) is 17.3. The van der Waals surface area contributed by atoms with Gasteiger partial charge in [-0.05, 0) is 24.6 Å². The van der Waals surface area contributed by atoms with Gasteiger partial charge >= 0.3 is 0 Å². The predicted molar refractivity (Wildman–Crippen MR) is 118 cm³/mol. The minimum absolute atomic E-state index is 0.0559. The first-order valence-electron chi connectivity index (χ1n) is 9.43. The topological polar surface area (TPSA) is 93.1 Å². The van der Waals surface area contributed by atoms with Gasteiger partial charge in [-0.2, -0.15) is 5.10 Å². The van der Waals surface area contributed by atoms with Gasteiger partial charge in [0.05, 0.1) is 16.4 Å². The number of carbonyl (C=O) groups excluding carboxylic acids is 2. The molecule has 0 saturated heterocycles. The standard InChI is InChI=1S/C22H21ClN4O3/c1-3-20(21(29)25-17-12-8-7-11-16(17)23)27-22(30)19(24-14(2)28)13-18(26-27)15-9-5-4-6-10-15/h4-13,20H,3H2,1-2H3,(H,24,28)(H,25,29). The number of rotatable bonds is 6. The van der Waals surface area contributed by atoms with Crippen molar-refractivity contribution in [2.75, 3.05) is 10.6 Å². The predicted octanol–water partition coefficient (Wildman–Crippen LogP) is 4.11. The monoisotopic (exact) mass is 424 g/mol. The molecule has 2 N–H and O–H groups in total. The molecule has 0 aliphatic heterocycles. The van der Waals surface area contributed by atoms with Gasteiger partial charge in [-0.25, -0.2) is 4.68 Å². The maximum atomic E-state index is 13.0. The second-order valence-corrected chi connectivity index (χ2v) is 7.04. The van der Waals surface area contributed by atoms with E-state index in [2.05, 4.69) is 15.7 Å². The molecule has 2 aromatic carbocycles. The molecule has 1 unspecified atom stereocenters. The highest BCUT2D eigenvalue weighted by Crippen LogP contribution is 2.24. The lowest BCUT2D eigenvalue weighted by Gasteiger charge is -2.19. The summed E-state index contributed by atoms with van der Waals surface area (Å²) in [5.41, 5.74) is 1.14. The molecule has 1 aromatic heterocycles. The Labute approximate surface area is 178 Å². The van der Waals surface area contributed by atoms with Crippen molar-refractivity contribution in [1.29, 1.82) is 0 Å². The fraction of sp³-hybridized carbons (Fsp3) is 0.182. The fourth-order valence-corrected chi connectivity index (χ4v) is 3.18. The maximum Gasteiger partial charge on any atom is 0.291 e. The summed E-state index contributed by atoms with van der Waals surface area (Å²) in [6, 6.07) is 16.7. The summed E-state index contributed by atoms with van der Waals surface area (Å²) in [6.45, 7) is 3.09. The quantitative estimate of drug-likeness (QED) is 0.622. The third-order valence-corrected chi connectivity index (χ3v) is 4.76. The number of halogens is 1. The van der Waals surface area contributed by atoms with Crippen LogP contribution in [-0.4, -0.2) is 21.6 Å². The van der Waals surface area contributed by atoms with Crippen molar-refractivity contribution in [3.63, 3.8) is 0 Å². The Morgan fingerprint density at radius 3 is 2.33 bits per heavy atom. The summed E-state index contributed by atoms with van der Waals surface area (Å²) in [6.07, 6.45) is 0.306. The lowest BCUT2D eigenvalue weighted by molar-refractivity contribution is -0.119. The molecule has 3 rings (SSSR count). The van der Waals surface area contributed by atoms with Crippen LogP contribution in [0.4, 0.5) is 11.4 Å². The molecule has 0 spiro atoms. The van der Waals surface area contributed by atoms with Crippen LogP contribution in [0, 0.1) is 0 Å². The van der Waals surface area contributed by atoms with Crippen molar-refractivity contribution in [1.82, 2.24) is 9.78 Å². The van der Waals surface area contributed by atoms with Gasteiger partial charge in [-0.15, -0.1) is 0 Å². The number of benzene rings is 2. The van der Waals surface area contributed by atoms with Crippen LogP contribution in [0.3, 0.4) is 0 Å². The molecule has 154 valence electrons. The number of nitrogens with zero attached hydrogens (tertiary/aromatic N) is 2. The Morgan fingerprint density at radius 1 is 1.03 bits per heavy atom. The summed E-state index contributed by atoms with van der Waals surface area (Å²) in [4.78, 5) is 37.6. The number of aromatic nitrogens is 2. The van der Waals surface area contributed by atoms with Crippen LogP contribution in [0.1, 0.15) is 26.3 Å². The second kappa shape index (κ2) is 9.37. The van der Waals surface area contributed by atoms with E-state index in [1.54, 1.807) is 31.2 Å². The van der Waals surface area contributed by atoms with E-state index in [4.69, 9.17) is 11.6 Å². The minimum Gasteiger partial charge on any atom is -0.323 e. The molecular formula is C22H21ClN4O3. The molecule has 0 fully saturated rings. The molecule has 7 nitrogen and oxygen atoms in total. The molecular weight excluding hydrogens is 404 g/mol. The van der Waals surface area contributed by atoms with E-state index in [1.807, 2.05) is 30.3 Å². The number of anilines is 2. The Kier molecular flexibility index (Phi) is 6.64. The van der Waals surface area contributed by atoms with Gasteiger partial charge in [0.15, 0.2) is 0 Å². The first kappa shape index (κ1) is 21.3. The molecule has 1 heterocycles. The molecule has 0 aliphatic carbocycles. The molecule has 0 bridgehead atoms. The van der Waals surface area contributed by atoms with Crippen molar-refractivity contribution in [2.45, 2.75) is 26.3 Å². The van der Waals surface area contributed by atoms with E-state index in [0.717, 1.165) is 10.2 Å². The van der Waals surface area contributed by atoms with E-state index in [1.165, 1.54) is 13.0 Å². The molecule has 30 heavy (non-hydrogen) atoms. The number of carbonyl (C=O) groups is 2. The number of hydrogen-bond donors (Lipinski definition) is 2. The lowest BCUT2D eigenvalue weighted by Crippen LogP contribution is -2.36. The summed E-state index contributed by atoms with van der Waals surface area (Å²) in [5.74, 6) is -0.823. The van der Waals surface area contributed by atoms with Gasteiger partial charge in [-0.3, -0.25) is 14.4 Å². The van der Waals surface area contributed by atoms with Crippen molar-refractivity contribution in [3.05, 3.63) is 76.0 Å². The zero-order valence-electron chi connectivity index (χ0n) is 16.6. The highest BCUT2D eigenvalue weighted by Gasteiger charge is 2.24. The highest BCUT2D eigenvalue weighted by molar-refractivity contribution is 6.33. The fourth-order valence-electron chi connectivity index (χ4n) is 3.00. The van der Waals surface area contributed by atoms with Gasteiger partial charge < -0.3 is 10.6 Å². The Bertz CT molecular complexity index is 1130. The molecule has 3 aromatic rings. The van der Waals surface area contributed by atoms with E-state index in [9.17, 15) is 14.4 Å². The van der Waals surface area contributed by atoms with Gasteiger partial charge in [-0.1, -0.05) is 61.0 Å². The van der Waals surface area contributed by atoms with E-state index >= 15 is 0 Å². The average Bonchev–Trinajstić information content (AvgIpc) is 2.73.